The quantitative estimate of drug-likeness (QED) is 0.0353. The topological polar surface area (TPSA) is 119 Å². The zero-order valence-corrected chi connectivity index (χ0v) is 39.7. The Kier molecular flexibility index (Phi) is 42.0. The first-order valence-corrected chi connectivity index (χ1v) is 26.6. The van der Waals surface area contributed by atoms with Gasteiger partial charge < -0.3 is 19.3 Å². The van der Waals surface area contributed by atoms with Gasteiger partial charge in [-0.05, 0) is 24.7 Å². The van der Waals surface area contributed by atoms with E-state index in [9.17, 15) is 14.2 Å². The molecule has 0 saturated heterocycles. The average molecular weight is 845 g/mol. The van der Waals surface area contributed by atoms with Crippen LogP contribution in [-0.2, 0) is 28.2 Å². The van der Waals surface area contributed by atoms with Gasteiger partial charge in [-0.2, -0.15) is 0 Å². The van der Waals surface area contributed by atoms with Gasteiger partial charge in [-0.3, -0.25) is 14.1 Å². The number of phosphoric acid groups is 1. The Balaban J connectivity index is 3.77. The van der Waals surface area contributed by atoms with Crippen molar-refractivity contribution < 1.29 is 37.9 Å². The number of hydrogen-bond acceptors (Lipinski definition) is 6. The van der Waals surface area contributed by atoms with E-state index in [1.54, 1.807) is 0 Å². The van der Waals surface area contributed by atoms with Crippen LogP contribution in [0.15, 0.2) is 0 Å². The molecule has 0 aromatic carbocycles. The fourth-order valence-electron chi connectivity index (χ4n) is 7.75. The van der Waals surface area contributed by atoms with Gasteiger partial charge in [0.2, 0.25) is 0 Å². The lowest BCUT2D eigenvalue weighted by atomic mass is 10.0. The molecule has 0 unspecified atom stereocenters. The van der Waals surface area contributed by atoms with Crippen LogP contribution in [0.2, 0.25) is 0 Å². The number of hydrogen-bond donors (Lipinski definition) is 2. The highest BCUT2D eigenvalue weighted by atomic mass is 31.2. The lowest BCUT2D eigenvalue weighted by Crippen LogP contribution is -2.29. The summed E-state index contributed by atoms with van der Waals surface area (Å²) < 4.78 is 26.5. The summed E-state index contributed by atoms with van der Waals surface area (Å²) in [6.07, 6.45) is 45.5. The van der Waals surface area contributed by atoms with Crippen molar-refractivity contribution in [1.82, 2.24) is 0 Å². The van der Waals surface area contributed by atoms with Crippen LogP contribution in [0.5, 0.6) is 0 Å². The Morgan fingerprint density at radius 2 is 0.655 bits per heavy atom. The van der Waals surface area contributed by atoms with E-state index in [0.717, 1.165) is 43.9 Å². The maximum Gasteiger partial charge on any atom is 0.469 e. The lowest BCUT2D eigenvalue weighted by molar-refractivity contribution is -0.161. The number of rotatable bonds is 46. The summed E-state index contributed by atoms with van der Waals surface area (Å²) in [6.45, 7) is 8.46. The molecule has 0 aliphatic rings. The molecule has 0 spiro atoms. The largest absolute Gasteiger partial charge is 0.469 e. The van der Waals surface area contributed by atoms with Gasteiger partial charge >= 0.3 is 19.8 Å². The van der Waals surface area contributed by atoms with E-state index in [1.807, 2.05) is 0 Å². The molecule has 0 aliphatic carbocycles. The third-order valence-corrected chi connectivity index (χ3v) is 12.0. The SMILES string of the molecule is CC(C)CCCCCCCCCCCCCCCCCCCCC(=O)OC[C@H](COP(=O)(O)O)OC(=O)CCCCCCCCCCCCCCCCCCC(C)C. The smallest absolute Gasteiger partial charge is 0.462 e. The first-order valence-electron chi connectivity index (χ1n) is 25.0. The van der Waals surface area contributed by atoms with Crippen molar-refractivity contribution in [3.63, 3.8) is 0 Å². The first kappa shape index (κ1) is 57.1. The van der Waals surface area contributed by atoms with Crippen LogP contribution in [-0.4, -0.2) is 41.0 Å². The molecule has 9 heteroatoms. The maximum absolute atomic E-state index is 12.5. The van der Waals surface area contributed by atoms with Crippen molar-refractivity contribution in [2.75, 3.05) is 13.2 Å². The molecule has 0 saturated carbocycles. The fraction of sp³-hybridized carbons (Fsp3) is 0.959. The normalized spacial score (nSPS) is 12.5. The summed E-state index contributed by atoms with van der Waals surface area (Å²) >= 11 is 0. The van der Waals surface area contributed by atoms with Crippen LogP contribution in [0.1, 0.15) is 272 Å². The summed E-state index contributed by atoms with van der Waals surface area (Å²) in [5.74, 6) is 0.828. The third kappa shape index (κ3) is 47.7. The average Bonchev–Trinajstić information content (AvgIpc) is 3.17. The van der Waals surface area contributed by atoms with Gasteiger partial charge in [0.25, 0.3) is 0 Å². The van der Waals surface area contributed by atoms with Gasteiger partial charge in [0.05, 0.1) is 6.61 Å². The third-order valence-electron chi connectivity index (χ3n) is 11.5. The second-order valence-corrected chi connectivity index (χ2v) is 19.7. The molecule has 2 N–H and O–H groups in total. The van der Waals surface area contributed by atoms with Crippen molar-refractivity contribution in [3.05, 3.63) is 0 Å². The molecule has 0 aromatic rings. The van der Waals surface area contributed by atoms with Crippen molar-refractivity contribution in [3.8, 4) is 0 Å². The second-order valence-electron chi connectivity index (χ2n) is 18.5. The van der Waals surface area contributed by atoms with E-state index in [0.29, 0.717) is 6.42 Å². The predicted molar refractivity (Wildman–Crippen MR) is 244 cm³/mol. The molecule has 0 fully saturated rings. The van der Waals surface area contributed by atoms with Crippen LogP contribution in [0.25, 0.3) is 0 Å². The molecule has 0 aliphatic heterocycles. The highest BCUT2D eigenvalue weighted by Crippen LogP contribution is 2.36. The van der Waals surface area contributed by atoms with Gasteiger partial charge in [-0.15, -0.1) is 0 Å². The van der Waals surface area contributed by atoms with Crippen LogP contribution >= 0.6 is 7.82 Å². The van der Waals surface area contributed by atoms with Gasteiger partial charge in [0.1, 0.15) is 6.61 Å². The highest BCUT2D eigenvalue weighted by Gasteiger charge is 2.23. The monoisotopic (exact) mass is 845 g/mol. The van der Waals surface area contributed by atoms with Crippen LogP contribution in [0.4, 0.5) is 0 Å². The number of carbonyl (C=O) groups is 2. The number of carbonyl (C=O) groups excluding carboxylic acids is 2. The van der Waals surface area contributed by atoms with E-state index in [2.05, 4.69) is 32.2 Å². The highest BCUT2D eigenvalue weighted by molar-refractivity contribution is 7.46. The minimum atomic E-state index is -4.75. The summed E-state index contributed by atoms with van der Waals surface area (Å²) in [5, 5.41) is 0. The molecule has 0 radical (unpaired) electrons. The van der Waals surface area contributed by atoms with Gasteiger partial charge in [-0.1, -0.05) is 246 Å². The number of ether oxygens (including phenoxy) is 2. The zero-order chi connectivity index (χ0) is 42.8. The Morgan fingerprint density at radius 1 is 0.397 bits per heavy atom. The number of esters is 2. The van der Waals surface area contributed by atoms with E-state index in [4.69, 9.17) is 19.3 Å². The summed E-state index contributed by atoms with van der Waals surface area (Å²) in [5.41, 5.74) is 0. The van der Waals surface area contributed by atoms with E-state index in [-0.39, 0.29) is 19.4 Å². The zero-order valence-electron chi connectivity index (χ0n) is 38.8. The van der Waals surface area contributed by atoms with Crippen LogP contribution in [0.3, 0.4) is 0 Å². The Hall–Kier alpha value is -0.950. The minimum Gasteiger partial charge on any atom is -0.462 e. The van der Waals surface area contributed by atoms with Crippen molar-refractivity contribution in [1.29, 1.82) is 0 Å². The molecular formula is C49H97O8P. The molecule has 0 amide bonds. The Morgan fingerprint density at radius 3 is 0.931 bits per heavy atom. The van der Waals surface area contributed by atoms with E-state index in [1.165, 1.54) is 193 Å². The van der Waals surface area contributed by atoms with Gasteiger partial charge in [0.15, 0.2) is 6.10 Å². The first-order chi connectivity index (χ1) is 28.0. The van der Waals surface area contributed by atoms with Crippen molar-refractivity contribution in [2.24, 2.45) is 11.8 Å². The summed E-state index contributed by atoms with van der Waals surface area (Å²) in [6, 6.07) is 0. The minimum absolute atomic E-state index is 0.220. The van der Waals surface area contributed by atoms with E-state index < -0.39 is 32.5 Å². The molecule has 0 rings (SSSR count). The molecule has 58 heavy (non-hydrogen) atoms. The standard InChI is InChI=1S/C49H97O8P/c1-45(2)39-35-31-27-23-19-15-11-7-5-6-8-13-17-21-25-29-33-37-41-48(50)55-43-47(44-56-58(52,53)54)57-49(51)42-38-34-30-26-22-18-14-10-9-12-16-20-24-28-32-36-40-46(3)4/h45-47H,5-44H2,1-4H3,(H2,52,53,54)/t47-/m1/s1. The van der Waals surface area contributed by atoms with Crippen LogP contribution < -0.4 is 0 Å². The predicted octanol–water partition coefficient (Wildman–Crippen LogP) is 15.7. The van der Waals surface area contributed by atoms with Crippen LogP contribution in [0, 0.1) is 11.8 Å². The number of unbranched alkanes of at least 4 members (excludes halogenated alkanes) is 32. The summed E-state index contributed by atoms with van der Waals surface area (Å²) in [4.78, 5) is 43.1. The lowest BCUT2D eigenvalue weighted by Gasteiger charge is -2.18. The molecule has 346 valence electrons. The van der Waals surface area contributed by atoms with Gasteiger partial charge in [0, 0.05) is 12.8 Å². The van der Waals surface area contributed by atoms with Gasteiger partial charge in [-0.25, -0.2) is 4.57 Å². The molecule has 8 nitrogen and oxygen atoms in total. The van der Waals surface area contributed by atoms with Crippen molar-refractivity contribution >= 4 is 19.8 Å². The molecule has 0 heterocycles. The summed E-state index contributed by atoms with van der Waals surface area (Å²) in [7, 11) is -4.75. The number of phosphoric ester groups is 1. The molecule has 0 bridgehead atoms. The maximum atomic E-state index is 12.5. The Labute approximate surface area is 359 Å². The molecular weight excluding hydrogens is 748 g/mol. The fourth-order valence-corrected chi connectivity index (χ4v) is 8.11. The molecule has 1 atom stereocenters. The Bertz CT molecular complexity index is 936. The molecule has 0 aromatic heterocycles. The second kappa shape index (κ2) is 42.7. The van der Waals surface area contributed by atoms with Crippen molar-refractivity contribution in [2.45, 2.75) is 278 Å². The van der Waals surface area contributed by atoms with E-state index >= 15 is 0 Å².